The van der Waals surface area contributed by atoms with Crippen molar-refractivity contribution >= 4 is 0 Å². The first-order valence-electron chi connectivity index (χ1n) is 6.66. The van der Waals surface area contributed by atoms with Crippen LogP contribution in [-0.2, 0) is 4.74 Å². The van der Waals surface area contributed by atoms with Gasteiger partial charge in [0, 0.05) is 25.2 Å². The van der Waals surface area contributed by atoms with Crippen LogP contribution in [0.5, 0.6) is 0 Å². The van der Waals surface area contributed by atoms with Crippen LogP contribution in [0.4, 0.5) is 0 Å². The zero-order valence-electron chi connectivity index (χ0n) is 11.4. The molecule has 1 aliphatic heterocycles. The van der Waals surface area contributed by atoms with Crippen LogP contribution in [0.1, 0.15) is 40.5 Å². The Labute approximate surface area is 101 Å². The molecule has 0 aromatic heterocycles. The number of likely N-dealkylation sites (N-methyl/N-ethyl adjacent to an activating group) is 1. The van der Waals surface area contributed by atoms with E-state index in [1.54, 1.807) is 0 Å². The van der Waals surface area contributed by atoms with Gasteiger partial charge in [-0.3, -0.25) is 4.90 Å². The van der Waals surface area contributed by atoms with Crippen LogP contribution in [0.3, 0.4) is 0 Å². The summed E-state index contributed by atoms with van der Waals surface area (Å²) in [5.74, 6) is 0. The van der Waals surface area contributed by atoms with Gasteiger partial charge < -0.3 is 10.1 Å². The Morgan fingerprint density at radius 2 is 2.12 bits per heavy atom. The molecule has 0 aromatic rings. The summed E-state index contributed by atoms with van der Waals surface area (Å²) < 4.78 is 5.73. The van der Waals surface area contributed by atoms with Crippen LogP contribution in [-0.4, -0.2) is 49.3 Å². The molecule has 3 nitrogen and oxygen atoms in total. The van der Waals surface area contributed by atoms with Crippen LogP contribution in [0.2, 0.25) is 0 Å². The van der Waals surface area contributed by atoms with Gasteiger partial charge in [-0.2, -0.15) is 0 Å². The van der Waals surface area contributed by atoms with Crippen LogP contribution >= 0.6 is 0 Å². The number of hydrogen-bond donors (Lipinski definition) is 1. The van der Waals surface area contributed by atoms with Crippen molar-refractivity contribution < 1.29 is 4.74 Å². The van der Waals surface area contributed by atoms with E-state index < -0.39 is 0 Å². The molecule has 0 bridgehead atoms. The zero-order valence-corrected chi connectivity index (χ0v) is 11.4. The van der Waals surface area contributed by atoms with Crippen LogP contribution in [0.25, 0.3) is 0 Å². The number of ether oxygens (including phenoxy) is 1. The third-order valence-electron chi connectivity index (χ3n) is 3.14. The minimum atomic E-state index is 0.211. The molecule has 1 unspecified atom stereocenters. The summed E-state index contributed by atoms with van der Waals surface area (Å²) >= 11 is 0. The fourth-order valence-electron chi connectivity index (χ4n) is 2.62. The van der Waals surface area contributed by atoms with Gasteiger partial charge in [0.15, 0.2) is 0 Å². The quantitative estimate of drug-likeness (QED) is 0.751. The molecule has 1 rings (SSSR count). The molecule has 3 heteroatoms. The van der Waals surface area contributed by atoms with E-state index in [2.05, 4.69) is 37.9 Å². The van der Waals surface area contributed by atoms with E-state index >= 15 is 0 Å². The maximum absolute atomic E-state index is 5.73. The van der Waals surface area contributed by atoms with E-state index in [9.17, 15) is 0 Å². The van der Waals surface area contributed by atoms with E-state index in [4.69, 9.17) is 4.74 Å². The molecule has 1 fully saturated rings. The van der Waals surface area contributed by atoms with Crippen molar-refractivity contribution in [2.24, 2.45) is 0 Å². The first kappa shape index (κ1) is 13.9. The highest BCUT2D eigenvalue weighted by Crippen LogP contribution is 2.16. The SMILES string of the molecule is CCNC(C)(C)CN1CCCC(OCC)C1. The van der Waals surface area contributed by atoms with E-state index in [1.165, 1.54) is 19.4 Å². The average molecular weight is 228 g/mol. The smallest absolute Gasteiger partial charge is 0.0702 e. The van der Waals surface area contributed by atoms with E-state index in [0.717, 1.165) is 26.2 Å². The monoisotopic (exact) mass is 228 g/mol. The van der Waals surface area contributed by atoms with Gasteiger partial charge in [-0.25, -0.2) is 0 Å². The van der Waals surface area contributed by atoms with Gasteiger partial charge in [-0.15, -0.1) is 0 Å². The fourth-order valence-corrected chi connectivity index (χ4v) is 2.62. The molecule has 1 atom stereocenters. The highest BCUT2D eigenvalue weighted by molar-refractivity contribution is 4.84. The van der Waals surface area contributed by atoms with Gasteiger partial charge in [-0.05, 0) is 46.7 Å². The fraction of sp³-hybridized carbons (Fsp3) is 1.00. The molecular formula is C13H28N2O. The predicted molar refractivity (Wildman–Crippen MR) is 68.8 cm³/mol. The first-order chi connectivity index (χ1) is 7.57. The third kappa shape index (κ3) is 4.81. The zero-order chi connectivity index (χ0) is 12.0. The Balaban J connectivity index is 2.36. The second-order valence-corrected chi connectivity index (χ2v) is 5.37. The van der Waals surface area contributed by atoms with Crippen molar-refractivity contribution in [1.29, 1.82) is 0 Å². The number of nitrogens with zero attached hydrogens (tertiary/aromatic N) is 1. The molecule has 1 aliphatic rings. The van der Waals surface area contributed by atoms with Gasteiger partial charge in [0.25, 0.3) is 0 Å². The molecular weight excluding hydrogens is 200 g/mol. The Kier molecular flexibility index (Phi) is 5.73. The molecule has 1 heterocycles. The molecule has 0 spiro atoms. The summed E-state index contributed by atoms with van der Waals surface area (Å²) in [6.45, 7) is 14.1. The van der Waals surface area contributed by atoms with Gasteiger partial charge in [0.05, 0.1) is 6.10 Å². The molecule has 96 valence electrons. The summed E-state index contributed by atoms with van der Waals surface area (Å²) in [5, 5.41) is 3.53. The van der Waals surface area contributed by atoms with Crippen LogP contribution in [0, 0.1) is 0 Å². The largest absolute Gasteiger partial charge is 0.377 e. The normalized spacial score (nSPS) is 23.6. The lowest BCUT2D eigenvalue weighted by molar-refractivity contribution is -0.0000532. The number of likely N-dealkylation sites (tertiary alicyclic amines) is 1. The number of nitrogens with one attached hydrogen (secondary N) is 1. The highest BCUT2D eigenvalue weighted by atomic mass is 16.5. The molecule has 0 aliphatic carbocycles. The third-order valence-corrected chi connectivity index (χ3v) is 3.14. The maximum atomic E-state index is 5.73. The summed E-state index contributed by atoms with van der Waals surface area (Å²) in [6, 6.07) is 0. The Morgan fingerprint density at radius 3 is 2.75 bits per heavy atom. The average Bonchev–Trinajstić information content (AvgIpc) is 2.17. The minimum Gasteiger partial charge on any atom is -0.377 e. The topological polar surface area (TPSA) is 24.5 Å². The predicted octanol–water partition coefficient (Wildman–Crippen LogP) is 1.88. The molecule has 0 saturated carbocycles. The molecule has 0 aromatic carbocycles. The van der Waals surface area contributed by atoms with E-state index in [1.807, 2.05) is 0 Å². The maximum Gasteiger partial charge on any atom is 0.0702 e. The summed E-state index contributed by atoms with van der Waals surface area (Å²) in [7, 11) is 0. The van der Waals surface area contributed by atoms with E-state index in [0.29, 0.717) is 6.10 Å². The second kappa shape index (κ2) is 6.58. The summed E-state index contributed by atoms with van der Waals surface area (Å²) in [4.78, 5) is 2.53. The van der Waals surface area contributed by atoms with E-state index in [-0.39, 0.29) is 5.54 Å². The van der Waals surface area contributed by atoms with Gasteiger partial charge in [0.1, 0.15) is 0 Å². The molecule has 0 radical (unpaired) electrons. The molecule has 0 amide bonds. The van der Waals surface area contributed by atoms with Crippen molar-refractivity contribution in [3.8, 4) is 0 Å². The number of rotatable bonds is 6. The second-order valence-electron chi connectivity index (χ2n) is 5.37. The molecule has 1 saturated heterocycles. The van der Waals surface area contributed by atoms with Gasteiger partial charge >= 0.3 is 0 Å². The first-order valence-corrected chi connectivity index (χ1v) is 6.66. The standard InChI is InChI=1S/C13H28N2O/c1-5-14-13(3,4)11-15-9-7-8-12(10-15)16-6-2/h12,14H,5-11H2,1-4H3. The Bertz CT molecular complexity index is 192. The summed E-state index contributed by atoms with van der Waals surface area (Å²) in [6.07, 6.45) is 2.95. The molecule has 1 N–H and O–H groups in total. The lowest BCUT2D eigenvalue weighted by Crippen LogP contribution is -2.52. The summed E-state index contributed by atoms with van der Waals surface area (Å²) in [5.41, 5.74) is 0.211. The van der Waals surface area contributed by atoms with Crippen molar-refractivity contribution in [1.82, 2.24) is 10.2 Å². The lowest BCUT2D eigenvalue weighted by Gasteiger charge is -2.38. The highest BCUT2D eigenvalue weighted by Gasteiger charge is 2.25. The van der Waals surface area contributed by atoms with Crippen molar-refractivity contribution in [3.05, 3.63) is 0 Å². The van der Waals surface area contributed by atoms with Crippen LogP contribution in [0.15, 0.2) is 0 Å². The van der Waals surface area contributed by atoms with Crippen molar-refractivity contribution in [3.63, 3.8) is 0 Å². The number of piperidine rings is 1. The number of hydrogen-bond acceptors (Lipinski definition) is 3. The van der Waals surface area contributed by atoms with Gasteiger partial charge in [-0.1, -0.05) is 6.92 Å². The van der Waals surface area contributed by atoms with Gasteiger partial charge in [0.2, 0.25) is 0 Å². The molecule has 16 heavy (non-hydrogen) atoms. The lowest BCUT2D eigenvalue weighted by atomic mass is 10.0. The minimum absolute atomic E-state index is 0.211. The van der Waals surface area contributed by atoms with Crippen LogP contribution < -0.4 is 5.32 Å². The van der Waals surface area contributed by atoms with Crippen molar-refractivity contribution in [2.75, 3.05) is 32.8 Å². The van der Waals surface area contributed by atoms with Crippen molar-refractivity contribution in [2.45, 2.75) is 52.2 Å². The Hall–Kier alpha value is -0.120. The Morgan fingerprint density at radius 1 is 1.38 bits per heavy atom.